The molecule has 2 N–H and O–H groups in total. The van der Waals surface area contributed by atoms with Crippen LogP contribution in [0.5, 0.6) is 0 Å². The molecule has 2 aliphatic rings. The minimum Gasteiger partial charge on any atom is -0.466 e. The summed E-state index contributed by atoms with van der Waals surface area (Å²) in [5.74, 6) is 0.218. The summed E-state index contributed by atoms with van der Waals surface area (Å²) >= 11 is 0. The number of likely N-dealkylation sites (tertiary alicyclic amines) is 1. The molecule has 3 rings (SSSR count). The van der Waals surface area contributed by atoms with Crippen molar-refractivity contribution >= 4 is 5.97 Å². The lowest BCUT2D eigenvalue weighted by molar-refractivity contribution is -0.144. The molecular weight excluding hydrogens is 300 g/mol. The minimum absolute atomic E-state index is 0.0923. The van der Waals surface area contributed by atoms with E-state index in [1.807, 2.05) is 6.92 Å². The van der Waals surface area contributed by atoms with Crippen molar-refractivity contribution in [3.63, 3.8) is 0 Å². The second-order valence-electron chi connectivity index (χ2n) is 7.38. The molecule has 132 valence electrons. The van der Waals surface area contributed by atoms with Gasteiger partial charge in [0.1, 0.15) is 0 Å². The number of hydrogen-bond acceptors (Lipinski definition) is 4. The van der Waals surface area contributed by atoms with Crippen molar-refractivity contribution in [3.05, 3.63) is 34.9 Å². The lowest BCUT2D eigenvalue weighted by Gasteiger charge is -2.36. The smallest absolute Gasteiger partial charge is 0.306 e. The molecule has 0 bridgehead atoms. The van der Waals surface area contributed by atoms with Crippen LogP contribution in [0.15, 0.2) is 18.2 Å². The van der Waals surface area contributed by atoms with Gasteiger partial charge in [-0.1, -0.05) is 18.2 Å². The van der Waals surface area contributed by atoms with Gasteiger partial charge in [0.05, 0.1) is 6.61 Å². The van der Waals surface area contributed by atoms with Crippen LogP contribution >= 0.6 is 0 Å². The molecule has 1 aliphatic carbocycles. The molecule has 1 saturated heterocycles. The van der Waals surface area contributed by atoms with Crippen LogP contribution in [0.25, 0.3) is 0 Å². The first kappa shape index (κ1) is 17.4. The summed E-state index contributed by atoms with van der Waals surface area (Å²) in [5, 5.41) is 0. The average molecular weight is 330 g/mol. The Labute approximate surface area is 145 Å². The van der Waals surface area contributed by atoms with E-state index in [-0.39, 0.29) is 12.0 Å². The summed E-state index contributed by atoms with van der Waals surface area (Å²) in [6.07, 6.45) is 6.48. The second-order valence-corrected chi connectivity index (χ2v) is 7.38. The zero-order valence-corrected chi connectivity index (χ0v) is 14.8. The molecule has 1 aromatic carbocycles. The van der Waals surface area contributed by atoms with Gasteiger partial charge in [0.25, 0.3) is 0 Å². The van der Waals surface area contributed by atoms with E-state index in [0.717, 1.165) is 26.1 Å². The number of aryl methyl sites for hydroxylation is 2. The van der Waals surface area contributed by atoms with Gasteiger partial charge in [-0.3, -0.25) is 9.69 Å². The molecule has 4 heteroatoms. The SMILES string of the molecule is CCOC(=O)CC1CC(N)CN(Cc2ccc3c(c2)CCCC3)C1. The third-order valence-electron chi connectivity index (χ3n) is 5.22. The monoisotopic (exact) mass is 330 g/mol. The molecule has 0 saturated carbocycles. The molecule has 0 aromatic heterocycles. The predicted molar refractivity (Wildman–Crippen MR) is 95.7 cm³/mol. The summed E-state index contributed by atoms with van der Waals surface area (Å²) in [6.45, 7) is 5.09. The molecule has 1 aliphatic heterocycles. The number of piperidine rings is 1. The number of nitrogens with zero attached hydrogens (tertiary/aromatic N) is 1. The van der Waals surface area contributed by atoms with Gasteiger partial charge in [0.15, 0.2) is 0 Å². The van der Waals surface area contributed by atoms with Gasteiger partial charge < -0.3 is 10.5 Å². The van der Waals surface area contributed by atoms with Crippen LogP contribution in [0.4, 0.5) is 0 Å². The van der Waals surface area contributed by atoms with Crippen LogP contribution in [0.2, 0.25) is 0 Å². The van der Waals surface area contributed by atoms with E-state index in [4.69, 9.17) is 10.5 Å². The molecule has 0 radical (unpaired) electrons. The van der Waals surface area contributed by atoms with Crippen LogP contribution in [0.3, 0.4) is 0 Å². The summed E-state index contributed by atoms with van der Waals surface area (Å²) in [4.78, 5) is 14.2. The first-order chi connectivity index (χ1) is 11.6. The van der Waals surface area contributed by atoms with Crippen molar-refractivity contribution in [1.29, 1.82) is 0 Å². The molecule has 1 aromatic rings. The summed E-state index contributed by atoms with van der Waals surface area (Å²) in [5.41, 5.74) is 10.7. The van der Waals surface area contributed by atoms with Gasteiger partial charge in [-0.25, -0.2) is 0 Å². The molecule has 2 atom stereocenters. The lowest BCUT2D eigenvalue weighted by atomic mass is 9.89. The maximum atomic E-state index is 11.8. The number of benzene rings is 1. The first-order valence-electron chi connectivity index (χ1n) is 9.38. The minimum atomic E-state index is -0.0923. The maximum Gasteiger partial charge on any atom is 0.306 e. The summed E-state index contributed by atoms with van der Waals surface area (Å²) < 4.78 is 5.10. The van der Waals surface area contributed by atoms with Gasteiger partial charge in [-0.2, -0.15) is 0 Å². The van der Waals surface area contributed by atoms with E-state index < -0.39 is 0 Å². The molecule has 1 fully saturated rings. The van der Waals surface area contributed by atoms with Crippen molar-refractivity contribution in [3.8, 4) is 0 Å². The summed E-state index contributed by atoms with van der Waals surface area (Å²) in [7, 11) is 0. The van der Waals surface area contributed by atoms with E-state index in [1.54, 1.807) is 0 Å². The molecule has 2 unspecified atom stereocenters. The number of ether oxygens (including phenoxy) is 1. The molecule has 0 spiro atoms. The number of fused-ring (bicyclic) bond motifs is 1. The molecule has 24 heavy (non-hydrogen) atoms. The predicted octanol–water partition coefficient (Wildman–Crippen LogP) is 2.67. The van der Waals surface area contributed by atoms with Crippen LogP contribution < -0.4 is 5.73 Å². The van der Waals surface area contributed by atoms with Crippen molar-refractivity contribution in [2.75, 3.05) is 19.7 Å². The fourth-order valence-corrected chi connectivity index (χ4v) is 4.22. The molecule has 1 heterocycles. The van der Waals surface area contributed by atoms with Crippen LogP contribution in [-0.4, -0.2) is 36.6 Å². The Morgan fingerprint density at radius 1 is 1.25 bits per heavy atom. The van der Waals surface area contributed by atoms with Crippen LogP contribution in [-0.2, 0) is 28.9 Å². The van der Waals surface area contributed by atoms with E-state index in [9.17, 15) is 4.79 Å². The van der Waals surface area contributed by atoms with Gasteiger partial charge in [0.2, 0.25) is 0 Å². The Kier molecular flexibility index (Phi) is 5.90. The summed E-state index contributed by atoms with van der Waals surface area (Å²) in [6, 6.07) is 7.11. The van der Waals surface area contributed by atoms with E-state index >= 15 is 0 Å². The lowest BCUT2D eigenvalue weighted by Crippen LogP contribution is -2.47. The van der Waals surface area contributed by atoms with Crippen molar-refractivity contribution in [2.24, 2.45) is 11.7 Å². The quantitative estimate of drug-likeness (QED) is 0.843. The fourth-order valence-electron chi connectivity index (χ4n) is 4.22. The highest BCUT2D eigenvalue weighted by molar-refractivity contribution is 5.69. The number of hydrogen-bond donors (Lipinski definition) is 1. The Hall–Kier alpha value is -1.39. The Bertz CT molecular complexity index is 573. The zero-order valence-electron chi connectivity index (χ0n) is 14.8. The molecule has 4 nitrogen and oxygen atoms in total. The zero-order chi connectivity index (χ0) is 16.9. The van der Waals surface area contributed by atoms with E-state index in [1.165, 1.54) is 42.4 Å². The van der Waals surface area contributed by atoms with Gasteiger partial charge in [-0.05, 0) is 61.6 Å². The number of carbonyl (C=O) groups excluding carboxylic acids is 1. The normalized spacial score (nSPS) is 24.4. The Morgan fingerprint density at radius 3 is 2.83 bits per heavy atom. The number of carbonyl (C=O) groups is 1. The maximum absolute atomic E-state index is 11.8. The average Bonchev–Trinajstić information content (AvgIpc) is 2.54. The van der Waals surface area contributed by atoms with Gasteiger partial charge in [0, 0.05) is 32.1 Å². The Morgan fingerprint density at radius 2 is 2.04 bits per heavy atom. The third-order valence-corrected chi connectivity index (χ3v) is 5.22. The number of rotatable bonds is 5. The Balaban J connectivity index is 1.60. The van der Waals surface area contributed by atoms with Crippen LogP contribution in [0, 0.1) is 5.92 Å². The van der Waals surface area contributed by atoms with Gasteiger partial charge >= 0.3 is 5.97 Å². The largest absolute Gasteiger partial charge is 0.466 e. The standard InChI is InChI=1S/C20H30N2O2/c1-2-24-20(23)11-16-10-19(21)14-22(13-16)12-15-7-8-17-5-3-4-6-18(17)9-15/h7-9,16,19H,2-6,10-14,21H2,1H3. The number of esters is 1. The van der Waals surface area contributed by atoms with Crippen molar-refractivity contribution in [1.82, 2.24) is 4.90 Å². The fraction of sp³-hybridized carbons (Fsp3) is 0.650. The highest BCUT2D eigenvalue weighted by Gasteiger charge is 2.27. The third kappa shape index (κ3) is 4.58. The van der Waals surface area contributed by atoms with Crippen molar-refractivity contribution < 1.29 is 9.53 Å². The first-order valence-corrected chi connectivity index (χ1v) is 9.38. The topological polar surface area (TPSA) is 55.6 Å². The molecular formula is C20H30N2O2. The van der Waals surface area contributed by atoms with E-state index in [2.05, 4.69) is 23.1 Å². The van der Waals surface area contributed by atoms with Crippen LogP contribution in [0.1, 0.15) is 49.3 Å². The van der Waals surface area contributed by atoms with E-state index in [0.29, 0.717) is 18.9 Å². The number of nitrogens with two attached hydrogens (primary N) is 1. The van der Waals surface area contributed by atoms with Gasteiger partial charge in [-0.15, -0.1) is 0 Å². The second kappa shape index (κ2) is 8.13. The van der Waals surface area contributed by atoms with Crippen molar-refractivity contribution in [2.45, 2.75) is 58.0 Å². The highest BCUT2D eigenvalue weighted by atomic mass is 16.5. The molecule has 0 amide bonds. The highest BCUT2D eigenvalue weighted by Crippen LogP contribution is 2.25.